The molecule has 2 aliphatic rings. The summed E-state index contributed by atoms with van der Waals surface area (Å²) in [6, 6.07) is 14.0. The van der Waals surface area contributed by atoms with Gasteiger partial charge in [0, 0.05) is 12.2 Å². The largest absolute Gasteiger partial charge is 0.325 e. The number of amides is 2. The molecule has 130 valence electrons. The number of rotatable bonds is 3. The van der Waals surface area contributed by atoms with Gasteiger partial charge in [-0.15, -0.1) is 0 Å². The summed E-state index contributed by atoms with van der Waals surface area (Å²) in [5.74, 6) is -0.407. The SMILES string of the molecule is O=C1N(Cc2ccc(F)cc2)[C@H]2CS(=O)(=O)C[C@H]2N1c1ccccc1. The van der Waals surface area contributed by atoms with Crippen LogP contribution in [0.15, 0.2) is 54.6 Å². The van der Waals surface area contributed by atoms with Gasteiger partial charge in [-0.2, -0.15) is 0 Å². The highest BCUT2D eigenvalue weighted by molar-refractivity contribution is 7.91. The van der Waals surface area contributed by atoms with Crippen LogP contribution in [-0.4, -0.2) is 42.9 Å². The van der Waals surface area contributed by atoms with Gasteiger partial charge in [0.25, 0.3) is 0 Å². The first-order valence-electron chi connectivity index (χ1n) is 8.04. The third kappa shape index (κ3) is 2.89. The number of urea groups is 1. The molecule has 0 saturated carbocycles. The van der Waals surface area contributed by atoms with Crippen LogP contribution in [0.3, 0.4) is 0 Å². The third-order valence-electron chi connectivity index (χ3n) is 4.78. The zero-order valence-electron chi connectivity index (χ0n) is 13.4. The van der Waals surface area contributed by atoms with Crippen molar-refractivity contribution in [2.45, 2.75) is 18.6 Å². The van der Waals surface area contributed by atoms with Crippen molar-refractivity contribution in [1.29, 1.82) is 0 Å². The van der Waals surface area contributed by atoms with Crippen LogP contribution in [-0.2, 0) is 16.4 Å². The normalized spacial score (nSPS) is 24.6. The Bertz CT molecular complexity index is 900. The predicted molar refractivity (Wildman–Crippen MR) is 92.5 cm³/mol. The molecule has 0 N–H and O–H groups in total. The highest BCUT2D eigenvalue weighted by Crippen LogP contribution is 2.35. The first-order chi connectivity index (χ1) is 11.9. The molecule has 0 bridgehead atoms. The van der Waals surface area contributed by atoms with Crippen molar-refractivity contribution in [3.8, 4) is 0 Å². The molecule has 2 heterocycles. The molecule has 0 radical (unpaired) electrons. The molecule has 2 fully saturated rings. The minimum Gasteiger partial charge on any atom is -0.314 e. The van der Waals surface area contributed by atoms with Crippen molar-refractivity contribution in [2.24, 2.45) is 0 Å². The smallest absolute Gasteiger partial charge is 0.314 e. The lowest BCUT2D eigenvalue weighted by molar-refractivity contribution is 0.206. The van der Waals surface area contributed by atoms with Crippen LogP contribution in [0.5, 0.6) is 0 Å². The lowest BCUT2D eigenvalue weighted by Gasteiger charge is -2.22. The number of hydrogen-bond acceptors (Lipinski definition) is 3. The molecule has 2 atom stereocenters. The van der Waals surface area contributed by atoms with Crippen LogP contribution in [0.1, 0.15) is 5.56 Å². The number of sulfone groups is 1. The number of carbonyl (C=O) groups excluding carboxylic acids is 1. The van der Waals surface area contributed by atoms with Crippen molar-refractivity contribution in [2.75, 3.05) is 16.4 Å². The van der Waals surface area contributed by atoms with E-state index in [4.69, 9.17) is 0 Å². The van der Waals surface area contributed by atoms with E-state index in [0.29, 0.717) is 5.69 Å². The van der Waals surface area contributed by atoms with E-state index in [1.54, 1.807) is 34.1 Å². The second-order valence-corrected chi connectivity index (χ2v) is 8.61. The molecule has 0 unspecified atom stereocenters. The molecule has 2 saturated heterocycles. The second-order valence-electron chi connectivity index (χ2n) is 6.45. The molecule has 2 aromatic carbocycles. The molecule has 2 aromatic rings. The zero-order chi connectivity index (χ0) is 17.6. The lowest BCUT2D eigenvalue weighted by atomic mass is 10.1. The predicted octanol–water partition coefficient (Wildman–Crippen LogP) is 2.43. The maximum Gasteiger partial charge on any atom is 0.325 e. The Labute approximate surface area is 145 Å². The highest BCUT2D eigenvalue weighted by atomic mass is 32.2. The van der Waals surface area contributed by atoms with Crippen LogP contribution >= 0.6 is 0 Å². The molecule has 2 amide bonds. The fourth-order valence-corrected chi connectivity index (χ4v) is 5.59. The summed E-state index contributed by atoms with van der Waals surface area (Å²) in [5.41, 5.74) is 1.47. The van der Waals surface area contributed by atoms with E-state index >= 15 is 0 Å². The van der Waals surface area contributed by atoms with Crippen LogP contribution in [0, 0.1) is 5.82 Å². The molecule has 25 heavy (non-hydrogen) atoms. The second kappa shape index (κ2) is 5.84. The molecular formula is C18H17FN2O3S. The van der Waals surface area contributed by atoms with E-state index in [-0.39, 0.29) is 42.0 Å². The van der Waals surface area contributed by atoms with Gasteiger partial charge in [0.15, 0.2) is 9.84 Å². The number of anilines is 1. The van der Waals surface area contributed by atoms with E-state index in [1.807, 2.05) is 18.2 Å². The molecule has 0 spiro atoms. The summed E-state index contributed by atoms with van der Waals surface area (Å²) in [6.45, 7) is 0.263. The molecule has 7 heteroatoms. The number of para-hydroxylation sites is 1. The molecule has 4 rings (SSSR count). The van der Waals surface area contributed by atoms with Crippen LogP contribution in [0.25, 0.3) is 0 Å². The Morgan fingerprint density at radius 3 is 2.28 bits per heavy atom. The van der Waals surface area contributed by atoms with Gasteiger partial charge in [-0.3, -0.25) is 4.90 Å². The topological polar surface area (TPSA) is 57.7 Å². The zero-order valence-corrected chi connectivity index (χ0v) is 14.2. The minimum absolute atomic E-state index is 0.0295. The number of halogens is 1. The number of hydrogen-bond donors (Lipinski definition) is 0. The lowest BCUT2D eigenvalue weighted by Crippen LogP contribution is -2.37. The molecule has 0 aliphatic carbocycles. The Kier molecular flexibility index (Phi) is 3.76. The monoisotopic (exact) mass is 360 g/mol. The fourth-order valence-electron chi connectivity index (χ4n) is 3.64. The van der Waals surface area contributed by atoms with Gasteiger partial charge in [-0.25, -0.2) is 17.6 Å². The Balaban J connectivity index is 1.69. The van der Waals surface area contributed by atoms with Crippen molar-refractivity contribution >= 4 is 21.6 Å². The summed E-state index contributed by atoms with van der Waals surface area (Å²) in [7, 11) is -3.20. The van der Waals surface area contributed by atoms with E-state index < -0.39 is 9.84 Å². The first-order valence-corrected chi connectivity index (χ1v) is 9.86. The highest BCUT2D eigenvalue weighted by Gasteiger charge is 2.53. The Morgan fingerprint density at radius 2 is 1.60 bits per heavy atom. The van der Waals surface area contributed by atoms with Gasteiger partial charge in [0.2, 0.25) is 0 Å². The van der Waals surface area contributed by atoms with Crippen LogP contribution in [0.4, 0.5) is 14.9 Å². The van der Waals surface area contributed by atoms with Crippen molar-refractivity contribution in [3.63, 3.8) is 0 Å². The van der Waals surface area contributed by atoms with E-state index in [2.05, 4.69) is 0 Å². The van der Waals surface area contributed by atoms with Crippen LogP contribution < -0.4 is 4.90 Å². The number of fused-ring (bicyclic) bond motifs is 1. The minimum atomic E-state index is -3.20. The summed E-state index contributed by atoms with van der Waals surface area (Å²) in [6.07, 6.45) is 0. The average molecular weight is 360 g/mol. The Morgan fingerprint density at radius 1 is 0.960 bits per heavy atom. The summed E-state index contributed by atoms with van der Waals surface area (Å²) >= 11 is 0. The van der Waals surface area contributed by atoms with Gasteiger partial charge in [-0.1, -0.05) is 30.3 Å². The Hall–Kier alpha value is -2.41. The van der Waals surface area contributed by atoms with Gasteiger partial charge in [0.05, 0.1) is 23.6 Å². The van der Waals surface area contributed by atoms with Gasteiger partial charge in [-0.05, 0) is 29.8 Å². The first kappa shape index (κ1) is 16.1. The number of carbonyl (C=O) groups is 1. The van der Waals surface area contributed by atoms with Gasteiger partial charge < -0.3 is 4.90 Å². The summed E-state index contributed by atoms with van der Waals surface area (Å²) in [4.78, 5) is 16.2. The van der Waals surface area contributed by atoms with Gasteiger partial charge >= 0.3 is 6.03 Å². The average Bonchev–Trinajstić information content (AvgIpc) is 3.01. The van der Waals surface area contributed by atoms with E-state index in [9.17, 15) is 17.6 Å². The summed E-state index contributed by atoms with van der Waals surface area (Å²) < 4.78 is 37.4. The number of benzene rings is 2. The molecular weight excluding hydrogens is 343 g/mol. The third-order valence-corrected chi connectivity index (χ3v) is 6.48. The van der Waals surface area contributed by atoms with Gasteiger partial charge in [0.1, 0.15) is 5.82 Å². The fraction of sp³-hybridized carbons (Fsp3) is 0.278. The maximum atomic E-state index is 13.1. The van der Waals surface area contributed by atoms with Crippen molar-refractivity contribution in [3.05, 3.63) is 66.0 Å². The molecule has 0 aromatic heterocycles. The maximum absolute atomic E-state index is 13.1. The quantitative estimate of drug-likeness (QED) is 0.790. The van der Waals surface area contributed by atoms with Crippen molar-refractivity contribution in [1.82, 2.24) is 4.90 Å². The van der Waals surface area contributed by atoms with Crippen LogP contribution in [0.2, 0.25) is 0 Å². The van der Waals surface area contributed by atoms with E-state index in [1.165, 1.54) is 12.1 Å². The molecule has 5 nitrogen and oxygen atoms in total. The number of nitrogens with zero attached hydrogens (tertiary/aromatic N) is 2. The summed E-state index contributed by atoms with van der Waals surface area (Å²) in [5, 5.41) is 0. The van der Waals surface area contributed by atoms with Crippen molar-refractivity contribution < 1.29 is 17.6 Å². The van der Waals surface area contributed by atoms with E-state index in [0.717, 1.165) is 5.56 Å². The standard InChI is InChI=1S/C18H17FN2O3S/c19-14-8-6-13(7-9-14)10-20-16-11-25(23,24)12-17(16)21(18(20)22)15-4-2-1-3-5-15/h1-9,16-17H,10-12H2/t16-,17+/m0/s1. The molecule has 2 aliphatic heterocycles.